The lowest BCUT2D eigenvalue weighted by Crippen LogP contribution is -2.29. The van der Waals surface area contributed by atoms with Gasteiger partial charge in [0.15, 0.2) is 6.10 Å². The summed E-state index contributed by atoms with van der Waals surface area (Å²) in [4.78, 5) is 23.0. The van der Waals surface area contributed by atoms with E-state index in [0.29, 0.717) is 18.7 Å². The van der Waals surface area contributed by atoms with Crippen LogP contribution in [0, 0.1) is 13.8 Å². The topological polar surface area (TPSA) is 63.6 Å². The van der Waals surface area contributed by atoms with Crippen molar-refractivity contribution < 1.29 is 9.63 Å². The van der Waals surface area contributed by atoms with E-state index in [1.54, 1.807) is 11.3 Å². The van der Waals surface area contributed by atoms with E-state index < -0.39 is 0 Å². The Morgan fingerprint density at radius 3 is 2.82 bits per heavy atom. The fourth-order valence-corrected chi connectivity index (χ4v) is 3.23. The van der Waals surface area contributed by atoms with Crippen LogP contribution in [-0.4, -0.2) is 16.6 Å². The molecule has 0 fully saturated rings. The Morgan fingerprint density at radius 1 is 1.36 bits per heavy atom. The molecule has 5 nitrogen and oxygen atoms in total. The smallest absolute Gasteiger partial charge is 0.269 e. The summed E-state index contributed by atoms with van der Waals surface area (Å²) < 4.78 is 0. The molecule has 1 aliphatic rings. The molecule has 0 aliphatic carbocycles. The average Bonchev–Trinajstić information content (AvgIpc) is 3.12. The molecule has 0 saturated carbocycles. The molecule has 1 atom stereocenters. The summed E-state index contributed by atoms with van der Waals surface area (Å²) in [6, 6.07) is 9.80. The van der Waals surface area contributed by atoms with Gasteiger partial charge in [-0.2, -0.15) is 0 Å². The first-order valence-electron chi connectivity index (χ1n) is 7.12. The first-order chi connectivity index (χ1) is 10.6. The highest BCUT2D eigenvalue weighted by atomic mass is 32.1. The predicted molar refractivity (Wildman–Crippen MR) is 85.8 cm³/mol. The van der Waals surface area contributed by atoms with Crippen LogP contribution in [0.5, 0.6) is 0 Å². The highest BCUT2D eigenvalue weighted by Crippen LogP contribution is 2.27. The lowest BCUT2D eigenvalue weighted by atomic mass is 10.0. The summed E-state index contributed by atoms with van der Waals surface area (Å²) in [7, 11) is 0. The molecule has 1 aliphatic heterocycles. The van der Waals surface area contributed by atoms with Gasteiger partial charge in [-0.15, -0.1) is 11.3 Å². The van der Waals surface area contributed by atoms with Gasteiger partial charge in [0.1, 0.15) is 5.71 Å². The molecule has 0 saturated heterocycles. The first-order valence-corrected chi connectivity index (χ1v) is 7.94. The average molecular weight is 315 g/mol. The van der Waals surface area contributed by atoms with Crippen molar-refractivity contribution in [2.75, 3.05) is 0 Å². The van der Waals surface area contributed by atoms with Gasteiger partial charge in [-0.3, -0.25) is 4.79 Å². The highest BCUT2D eigenvalue weighted by molar-refractivity contribution is 7.11. The first kappa shape index (κ1) is 14.7. The van der Waals surface area contributed by atoms with Crippen molar-refractivity contribution in [2.45, 2.75) is 32.9 Å². The van der Waals surface area contributed by atoms with Crippen molar-refractivity contribution in [3.63, 3.8) is 0 Å². The van der Waals surface area contributed by atoms with Gasteiger partial charge in [-0.25, -0.2) is 4.98 Å². The van der Waals surface area contributed by atoms with Crippen LogP contribution in [0.4, 0.5) is 0 Å². The minimum Gasteiger partial charge on any atom is -0.387 e. The molecule has 0 radical (unpaired) electrons. The zero-order chi connectivity index (χ0) is 15.5. The van der Waals surface area contributed by atoms with Crippen LogP contribution in [0.25, 0.3) is 0 Å². The Morgan fingerprint density at radius 2 is 2.14 bits per heavy atom. The van der Waals surface area contributed by atoms with Crippen LogP contribution in [0.3, 0.4) is 0 Å². The highest BCUT2D eigenvalue weighted by Gasteiger charge is 2.27. The third-order valence-electron chi connectivity index (χ3n) is 3.51. The minimum absolute atomic E-state index is 0.172. The number of aryl methyl sites for hydroxylation is 2. The van der Waals surface area contributed by atoms with E-state index in [1.165, 1.54) is 0 Å². The van der Waals surface area contributed by atoms with Gasteiger partial charge in [0, 0.05) is 11.3 Å². The second kappa shape index (κ2) is 6.27. The van der Waals surface area contributed by atoms with E-state index >= 15 is 0 Å². The molecule has 6 heteroatoms. The molecule has 0 bridgehead atoms. The van der Waals surface area contributed by atoms with E-state index in [4.69, 9.17) is 4.84 Å². The van der Waals surface area contributed by atoms with E-state index in [0.717, 1.165) is 21.1 Å². The van der Waals surface area contributed by atoms with E-state index in [2.05, 4.69) is 15.5 Å². The monoisotopic (exact) mass is 315 g/mol. The van der Waals surface area contributed by atoms with Crippen LogP contribution in [0.15, 0.2) is 35.5 Å². The fraction of sp³-hybridized carbons (Fsp3) is 0.312. The molecule has 2 aromatic rings. The molecular formula is C16H17N3O2S. The third-order valence-corrected chi connectivity index (χ3v) is 4.58. The van der Waals surface area contributed by atoms with Gasteiger partial charge in [0.25, 0.3) is 5.91 Å². The van der Waals surface area contributed by atoms with E-state index in [-0.39, 0.29) is 12.0 Å². The summed E-state index contributed by atoms with van der Waals surface area (Å²) in [5.41, 5.74) is 2.44. The number of nitrogens with one attached hydrogen (secondary N) is 1. The number of rotatable bonds is 4. The van der Waals surface area contributed by atoms with Crippen LogP contribution >= 0.6 is 11.3 Å². The zero-order valence-electron chi connectivity index (χ0n) is 12.5. The Hall–Kier alpha value is -2.21. The Labute approximate surface area is 133 Å². The number of carbonyl (C=O) groups excluding carboxylic acids is 1. The van der Waals surface area contributed by atoms with Gasteiger partial charge in [-0.05, 0) is 19.4 Å². The molecule has 0 unspecified atom stereocenters. The molecule has 1 aromatic carbocycles. The molecular weight excluding hydrogens is 298 g/mol. The summed E-state index contributed by atoms with van der Waals surface area (Å²) in [6.07, 6.45) is 0.325. The summed E-state index contributed by atoms with van der Waals surface area (Å²) in [5, 5.41) is 7.82. The summed E-state index contributed by atoms with van der Waals surface area (Å²) in [5.74, 6) is -0.177. The molecule has 2 heterocycles. The number of hydrogen-bond acceptors (Lipinski definition) is 5. The molecule has 1 N–H and O–H groups in total. The van der Waals surface area contributed by atoms with Gasteiger partial charge in [0.2, 0.25) is 0 Å². The van der Waals surface area contributed by atoms with Crippen LogP contribution in [0.1, 0.15) is 33.7 Å². The maximum atomic E-state index is 12.2. The molecule has 1 aromatic heterocycles. The molecule has 22 heavy (non-hydrogen) atoms. The van der Waals surface area contributed by atoms with Crippen molar-refractivity contribution in [1.29, 1.82) is 0 Å². The lowest BCUT2D eigenvalue weighted by molar-refractivity contribution is -0.115. The molecule has 114 valence electrons. The van der Waals surface area contributed by atoms with Crippen molar-refractivity contribution in [1.82, 2.24) is 10.3 Å². The Bertz CT molecular complexity index is 709. The number of nitrogens with zero attached hydrogens (tertiary/aromatic N) is 2. The van der Waals surface area contributed by atoms with Crippen LogP contribution in [0.2, 0.25) is 0 Å². The van der Waals surface area contributed by atoms with Crippen molar-refractivity contribution >= 4 is 23.0 Å². The second-order valence-electron chi connectivity index (χ2n) is 5.17. The van der Waals surface area contributed by atoms with Gasteiger partial charge in [-0.1, -0.05) is 35.5 Å². The molecule has 1 amide bonds. The van der Waals surface area contributed by atoms with Crippen molar-refractivity contribution in [3.05, 3.63) is 51.5 Å². The molecule has 0 spiro atoms. The van der Waals surface area contributed by atoms with Crippen molar-refractivity contribution in [2.24, 2.45) is 5.16 Å². The van der Waals surface area contributed by atoms with Crippen LogP contribution in [-0.2, 0) is 16.2 Å². The van der Waals surface area contributed by atoms with Gasteiger partial charge in [0.05, 0.1) is 17.2 Å². The number of amides is 1. The standard InChI is InChI=1S/C16H17N3O2S/c1-10-15(22-11(2)18-10)9-17-16(20)13-8-14(21-19-13)12-6-4-3-5-7-12/h3-7,14H,8-9H2,1-2H3,(H,17,20)/t14-/m1/s1. The summed E-state index contributed by atoms with van der Waals surface area (Å²) in [6.45, 7) is 4.39. The largest absolute Gasteiger partial charge is 0.387 e. The maximum absolute atomic E-state index is 12.2. The normalized spacial score (nSPS) is 17.0. The Kier molecular flexibility index (Phi) is 4.20. The number of oxime groups is 1. The maximum Gasteiger partial charge on any atom is 0.269 e. The number of hydrogen-bond donors (Lipinski definition) is 1. The Balaban J connectivity index is 1.57. The number of carbonyl (C=O) groups is 1. The fourth-order valence-electron chi connectivity index (χ4n) is 2.36. The second-order valence-corrected chi connectivity index (χ2v) is 6.46. The lowest BCUT2D eigenvalue weighted by Gasteiger charge is -2.07. The van der Waals surface area contributed by atoms with E-state index in [9.17, 15) is 4.79 Å². The summed E-state index contributed by atoms with van der Waals surface area (Å²) >= 11 is 1.60. The van der Waals surface area contributed by atoms with Crippen LogP contribution < -0.4 is 5.32 Å². The predicted octanol–water partition coefficient (Wildman–Crippen LogP) is 2.89. The third kappa shape index (κ3) is 3.17. The quantitative estimate of drug-likeness (QED) is 0.943. The van der Waals surface area contributed by atoms with Gasteiger partial charge < -0.3 is 10.2 Å². The van der Waals surface area contributed by atoms with E-state index in [1.807, 2.05) is 44.2 Å². The number of benzene rings is 1. The zero-order valence-corrected chi connectivity index (χ0v) is 13.3. The van der Waals surface area contributed by atoms with Gasteiger partial charge >= 0.3 is 0 Å². The number of thiazole rings is 1. The molecule has 3 rings (SSSR count). The number of aromatic nitrogens is 1. The SMILES string of the molecule is Cc1nc(C)c(CNC(=O)C2=NO[C@@H](c3ccccc3)C2)s1. The minimum atomic E-state index is -0.177. The van der Waals surface area contributed by atoms with Crippen molar-refractivity contribution in [3.8, 4) is 0 Å².